The average Bonchev–Trinajstić information content (AvgIpc) is 2.39. The standard InChI is InChI=1S/C5H8N4O2/c6-5(10)11-2-1-9-3-7-8-4-9/h3-4H,1-2H2,(H2,6,10). The first-order chi connectivity index (χ1) is 5.29. The molecule has 0 saturated heterocycles. The van der Waals surface area contributed by atoms with E-state index in [1.165, 1.54) is 12.7 Å². The van der Waals surface area contributed by atoms with Crippen LogP contribution in [0.3, 0.4) is 0 Å². The summed E-state index contributed by atoms with van der Waals surface area (Å²) in [6.07, 6.45) is 2.30. The van der Waals surface area contributed by atoms with Gasteiger partial charge in [0.25, 0.3) is 0 Å². The Balaban J connectivity index is 2.19. The van der Waals surface area contributed by atoms with Gasteiger partial charge in [0.05, 0.1) is 6.54 Å². The van der Waals surface area contributed by atoms with E-state index >= 15 is 0 Å². The molecule has 0 aliphatic carbocycles. The van der Waals surface area contributed by atoms with Crippen molar-refractivity contribution in [2.75, 3.05) is 6.61 Å². The first kappa shape index (κ1) is 7.52. The molecule has 0 bridgehead atoms. The van der Waals surface area contributed by atoms with Crippen LogP contribution in [0.2, 0.25) is 0 Å². The van der Waals surface area contributed by atoms with E-state index in [4.69, 9.17) is 5.73 Å². The maximum absolute atomic E-state index is 10.1. The molecule has 1 rings (SSSR count). The van der Waals surface area contributed by atoms with Crippen LogP contribution in [0.5, 0.6) is 0 Å². The molecule has 6 nitrogen and oxygen atoms in total. The van der Waals surface area contributed by atoms with Gasteiger partial charge in [-0.25, -0.2) is 4.79 Å². The van der Waals surface area contributed by atoms with Crippen LogP contribution >= 0.6 is 0 Å². The number of hydrogen-bond acceptors (Lipinski definition) is 4. The fourth-order valence-corrected chi connectivity index (χ4v) is 0.589. The third kappa shape index (κ3) is 2.65. The highest BCUT2D eigenvalue weighted by atomic mass is 16.5. The van der Waals surface area contributed by atoms with Crippen molar-refractivity contribution in [2.45, 2.75) is 6.54 Å². The van der Waals surface area contributed by atoms with Crippen LogP contribution in [0, 0.1) is 0 Å². The molecule has 11 heavy (non-hydrogen) atoms. The Bertz CT molecular complexity index is 220. The monoisotopic (exact) mass is 156 g/mol. The molecule has 60 valence electrons. The third-order valence-corrected chi connectivity index (χ3v) is 1.06. The molecule has 0 aliphatic heterocycles. The van der Waals surface area contributed by atoms with Crippen molar-refractivity contribution in [1.82, 2.24) is 14.8 Å². The number of carbonyl (C=O) groups excluding carboxylic acids is 1. The molecular formula is C5H8N4O2. The summed E-state index contributed by atoms with van der Waals surface area (Å²) in [7, 11) is 0. The number of amides is 1. The van der Waals surface area contributed by atoms with E-state index in [0.717, 1.165) is 0 Å². The number of hydrogen-bond donors (Lipinski definition) is 1. The van der Waals surface area contributed by atoms with E-state index in [1.54, 1.807) is 4.57 Å². The van der Waals surface area contributed by atoms with Crippen molar-refractivity contribution in [1.29, 1.82) is 0 Å². The minimum atomic E-state index is -0.766. The highest BCUT2D eigenvalue weighted by Gasteiger charge is 1.93. The van der Waals surface area contributed by atoms with E-state index < -0.39 is 6.09 Å². The molecule has 1 aromatic heterocycles. The normalized spacial score (nSPS) is 9.45. The third-order valence-electron chi connectivity index (χ3n) is 1.06. The Hall–Kier alpha value is -1.59. The zero-order valence-electron chi connectivity index (χ0n) is 5.80. The SMILES string of the molecule is NC(=O)OCCn1cnnc1. The zero-order chi connectivity index (χ0) is 8.10. The van der Waals surface area contributed by atoms with Gasteiger partial charge in [-0.3, -0.25) is 0 Å². The van der Waals surface area contributed by atoms with Crippen LogP contribution in [0.1, 0.15) is 0 Å². The fourth-order valence-electron chi connectivity index (χ4n) is 0.589. The first-order valence-electron chi connectivity index (χ1n) is 3.03. The van der Waals surface area contributed by atoms with E-state index in [0.29, 0.717) is 6.54 Å². The van der Waals surface area contributed by atoms with Crippen LogP contribution in [-0.2, 0) is 11.3 Å². The highest BCUT2D eigenvalue weighted by molar-refractivity contribution is 5.64. The van der Waals surface area contributed by atoms with Crippen molar-refractivity contribution in [3.05, 3.63) is 12.7 Å². The molecule has 1 amide bonds. The van der Waals surface area contributed by atoms with Crippen LogP contribution < -0.4 is 5.73 Å². The number of aromatic nitrogens is 3. The van der Waals surface area contributed by atoms with E-state index in [1.807, 2.05) is 0 Å². The predicted molar refractivity (Wildman–Crippen MR) is 35.6 cm³/mol. The Labute approximate surface area is 63.0 Å². The minimum absolute atomic E-state index is 0.243. The molecule has 0 radical (unpaired) electrons. The summed E-state index contributed by atoms with van der Waals surface area (Å²) in [5, 5.41) is 7.12. The van der Waals surface area contributed by atoms with Gasteiger partial charge in [0.1, 0.15) is 19.3 Å². The van der Waals surface area contributed by atoms with Crippen molar-refractivity contribution in [2.24, 2.45) is 5.73 Å². The van der Waals surface area contributed by atoms with Crippen LogP contribution in [0.15, 0.2) is 12.7 Å². The van der Waals surface area contributed by atoms with E-state index in [2.05, 4.69) is 14.9 Å². The molecule has 2 N–H and O–H groups in total. The second-order valence-corrected chi connectivity index (χ2v) is 1.87. The lowest BCUT2D eigenvalue weighted by atomic mass is 10.7. The number of nitrogens with zero attached hydrogens (tertiary/aromatic N) is 3. The summed E-state index contributed by atoms with van der Waals surface area (Å²) >= 11 is 0. The molecule has 0 aromatic carbocycles. The number of ether oxygens (including phenoxy) is 1. The number of nitrogens with two attached hydrogens (primary N) is 1. The summed E-state index contributed by atoms with van der Waals surface area (Å²) in [6.45, 7) is 0.767. The molecule has 0 spiro atoms. The second-order valence-electron chi connectivity index (χ2n) is 1.87. The Morgan fingerprint density at radius 2 is 2.18 bits per heavy atom. The number of carbonyl (C=O) groups is 1. The maximum atomic E-state index is 10.1. The lowest BCUT2D eigenvalue weighted by Crippen LogP contribution is -2.16. The molecule has 6 heteroatoms. The van der Waals surface area contributed by atoms with Gasteiger partial charge in [-0.2, -0.15) is 0 Å². The van der Waals surface area contributed by atoms with Gasteiger partial charge in [0, 0.05) is 0 Å². The molecule has 0 unspecified atom stereocenters. The Morgan fingerprint density at radius 3 is 2.73 bits per heavy atom. The van der Waals surface area contributed by atoms with Crippen molar-refractivity contribution >= 4 is 6.09 Å². The van der Waals surface area contributed by atoms with Crippen molar-refractivity contribution in [3.63, 3.8) is 0 Å². The van der Waals surface area contributed by atoms with Crippen molar-refractivity contribution in [3.8, 4) is 0 Å². The van der Waals surface area contributed by atoms with Crippen LogP contribution in [-0.4, -0.2) is 27.5 Å². The van der Waals surface area contributed by atoms with E-state index in [-0.39, 0.29) is 6.61 Å². The molecule has 0 fully saturated rings. The summed E-state index contributed by atoms with van der Waals surface area (Å²) < 4.78 is 6.16. The quantitative estimate of drug-likeness (QED) is 0.631. The maximum Gasteiger partial charge on any atom is 0.404 e. The lowest BCUT2D eigenvalue weighted by molar-refractivity contribution is 0.152. The predicted octanol–water partition coefficient (Wildman–Crippen LogP) is -0.627. The summed E-state index contributed by atoms with van der Waals surface area (Å²) in [6, 6.07) is 0. The summed E-state index contributed by atoms with van der Waals surface area (Å²) in [5.74, 6) is 0. The van der Waals surface area contributed by atoms with Gasteiger partial charge in [0.15, 0.2) is 0 Å². The smallest absolute Gasteiger partial charge is 0.404 e. The molecule has 0 saturated carbocycles. The van der Waals surface area contributed by atoms with Crippen molar-refractivity contribution < 1.29 is 9.53 Å². The Kier molecular flexibility index (Phi) is 2.42. The van der Waals surface area contributed by atoms with Gasteiger partial charge in [-0.15, -0.1) is 10.2 Å². The van der Waals surface area contributed by atoms with E-state index in [9.17, 15) is 4.79 Å². The molecule has 0 atom stereocenters. The molecule has 1 heterocycles. The summed E-state index contributed by atoms with van der Waals surface area (Å²) in [5.41, 5.74) is 4.73. The first-order valence-corrected chi connectivity index (χ1v) is 3.03. The van der Waals surface area contributed by atoms with Gasteiger partial charge in [-0.05, 0) is 0 Å². The second kappa shape index (κ2) is 3.55. The van der Waals surface area contributed by atoms with Crippen LogP contribution in [0.25, 0.3) is 0 Å². The number of rotatable bonds is 3. The molecular weight excluding hydrogens is 148 g/mol. The topological polar surface area (TPSA) is 83.0 Å². The van der Waals surface area contributed by atoms with Crippen LogP contribution in [0.4, 0.5) is 4.79 Å². The highest BCUT2D eigenvalue weighted by Crippen LogP contribution is 1.83. The summed E-state index contributed by atoms with van der Waals surface area (Å²) in [4.78, 5) is 10.1. The largest absolute Gasteiger partial charge is 0.448 e. The zero-order valence-corrected chi connectivity index (χ0v) is 5.80. The van der Waals surface area contributed by atoms with Gasteiger partial charge in [-0.1, -0.05) is 0 Å². The van der Waals surface area contributed by atoms with Gasteiger partial charge < -0.3 is 15.0 Å². The molecule has 0 aliphatic rings. The lowest BCUT2D eigenvalue weighted by Gasteiger charge is -1.99. The minimum Gasteiger partial charge on any atom is -0.448 e. The fraction of sp³-hybridized carbons (Fsp3) is 0.400. The van der Waals surface area contributed by atoms with Gasteiger partial charge >= 0.3 is 6.09 Å². The Morgan fingerprint density at radius 1 is 1.55 bits per heavy atom. The average molecular weight is 156 g/mol. The molecule has 1 aromatic rings. The number of primary amides is 1. The van der Waals surface area contributed by atoms with Gasteiger partial charge in [0.2, 0.25) is 0 Å².